The number of carbonyl (C=O) groups is 1. The van der Waals surface area contributed by atoms with Crippen LogP contribution in [0.15, 0.2) is 18.3 Å². The zero-order valence-corrected chi connectivity index (χ0v) is 11.6. The molecule has 1 aromatic heterocycles. The van der Waals surface area contributed by atoms with Gasteiger partial charge < -0.3 is 15.5 Å². The van der Waals surface area contributed by atoms with E-state index >= 15 is 0 Å². The van der Waals surface area contributed by atoms with Crippen molar-refractivity contribution in [2.45, 2.75) is 37.8 Å². The number of aromatic nitrogens is 2. The lowest BCUT2D eigenvalue weighted by atomic mass is 10.0. The minimum absolute atomic E-state index is 0.00175. The monoisotopic (exact) mass is 275 g/mol. The van der Waals surface area contributed by atoms with E-state index in [1.165, 1.54) is 0 Å². The highest BCUT2D eigenvalue weighted by atomic mass is 16.2. The van der Waals surface area contributed by atoms with Crippen LogP contribution in [0.4, 0.5) is 5.82 Å². The van der Waals surface area contributed by atoms with Crippen LogP contribution < -0.4 is 15.5 Å². The van der Waals surface area contributed by atoms with Crippen LogP contribution in [-0.2, 0) is 4.79 Å². The van der Waals surface area contributed by atoms with Crippen molar-refractivity contribution in [2.24, 2.45) is 0 Å². The summed E-state index contributed by atoms with van der Waals surface area (Å²) in [4.78, 5) is 14.3. The molecule has 2 N–H and O–H groups in total. The Morgan fingerprint density at radius 2 is 2.35 bits per heavy atom. The molecule has 2 atom stereocenters. The van der Waals surface area contributed by atoms with Crippen molar-refractivity contribution < 1.29 is 4.79 Å². The van der Waals surface area contributed by atoms with Crippen molar-refractivity contribution in [3.8, 4) is 0 Å². The average molecular weight is 275 g/mol. The van der Waals surface area contributed by atoms with Gasteiger partial charge in [0.15, 0.2) is 5.82 Å². The number of rotatable bonds is 3. The summed E-state index contributed by atoms with van der Waals surface area (Å²) in [5.41, 5.74) is 0. The number of anilines is 1. The Hall–Kier alpha value is -1.69. The summed E-state index contributed by atoms with van der Waals surface area (Å²) >= 11 is 0. The van der Waals surface area contributed by atoms with Crippen LogP contribution >= 0.6 is 0 Å². The van der Waals surface area contributed by atoms with Crippen molar-refractivity contribution in [1.82, 2.24) is 20.8 Å². The molecule has 0 radical (unpaired) electrons. The van der Waals surface area contributed by atoms with E-state index in [4.69, 9.17) is 0 Å². The SMILES string of the molecule is O=C(NC1CCCN(c2cccnn2)C1)C1CCCN1. The van der Waals surface area contributed by atoms with Gasteiger partial charge >= 0.3 is 0 Å². The van der Waals surface area contributed by atoms with Crippen LogP contribution in [-0.4, -0.2) is 47.8 Å². The third-order valence-electron chi connectivity index (χ3n) is 4.03. The molecule has 0 aliphatic carbocycles. The first-order valence-corrected chi connectivity index (χ1v) is 7.39. The highest BCUT2D eigenvalue weighted by molar-refractivity contribution is 5.82. The van der Waals surface area contributed by atoms with E-state index in [2.05, 4.69) is 25.7 Å². The van der Waals surface area contributed by atoms with E-state index in [1.807, 2.05) is 12.1 Å². The fourth-order valence-corrected chi connectivity index (χ4v) is 2.98. The van der Waals surface area contributed by atoms with Crippen LogP contribution in [0, 0.1) is 0 Å². The number of amides is 1. The van der Waals surface area contributed by atoms with Crippen molar-refractivity contribution in [2.75, 3.05) is 24.5 Å². The standard InChI is InChI=1S/C14H21N5O/c20-14(12-5-1-7-15-12)17-11-4-3-9-19(10-11)13-6-2-8-16-18-13/h2,6,8,11-12,15H,1,3-5,7,9-10H2,(H,17,20). The zero-order valence-electron chi connectivity index (χ0n) is 11.6. The molecule has 2 saturated heterocycles. The van der Waals surface area contributed by atoms with Gasteiger partial charge in [-0.25, -0.2) is 0 Å². The summed E-state index contributed by atoms with van der Waals surface area (Å²) in [6, 6.07) is 4.07. The predicted molar refractivity (Wildman–Crippen MR) is 76.4 cm³/mol. The van der Waals surface area contributed by atoms with Gasteiger partial charge in [0.05, 0.1) is 6.04 Å². The quantitative estimate of drug-likeness (QED) is 0.831. The van der Waals surface area contributed by atoms with E-state index in [-0.39, 0.29) is 18.0 Å². The normalized spacial score (nSPS) is 26.5. The zero-order chi connectivity index (χ0) is 13.8. The first-order valence-electron chi connectivity index (χ1n) is 7.39. The molecule has 3 heterocycles. The van der Waals surface area contributed by atoms with Gasteiger partial charge in [0.2, 0.25) is 5.91 Å². The largest absolute Gasteiger partial charge is 0.353 e. The van der Waals surface area contributed by atoms with Crippen molar-refractivity contribution in [1.29, 1.82) is 0 Å². The summed E-state index contributed by atoms with van der Waals surface area (Å²) in [5.74, 6) is 1.04. The Morgan fingerprint density at radius 3 is 3.10 bits per heavy atom. The lowest BCUT2D eigenvalue weighted by Crippen LogP contribution is -2.52. The minimum atomic E-state index is 0.00175. The van der Waals surface area contributed by atoms with E-state index in [0.717, 1.165) is 51.1 Å². The van der Waals surface area contributed by atoms with Crippen LogP contribution in [0.25, 0.3) is 0 Å². The molecule has 1 amide bonds. The first kappa shape index (κ1) is 13.3. The fraction of sp³-hybridized carbons (Fsp3) is 0.643. The third kappa shape index (κ3) is 3.07. The molecular formula is C14H21N5O. The molecule has 2 aliphatic heterocycles. The number of piperidine rings is 1. The summed E-state index contributed by atoms with van der Waals surface area (Å²) < 4.78 is 0. The van der Waals surface area contributed by atoms with Crippen molar-refractivity contribution in [3.05, 3.63) is 18.3 Å². The first-order chi connectivity index (χ1) is 9.83. The highest BCUT2D eigenvalue weighted by Gasteiger charge is 2.27. The van der Waals surface area contributed by atoms with Crippen LogP contribution in [0.5, 0.6) is 0 Å². The van der Waals surface area contributed by atoms with E-state index < -0.39 is 0 Å². The van der Waals surface area contributed by atoms with Crippen molar-refractivity contribution in [3.63, 3.8) is 0 Å². The number of carbonyl (C=O) groups excluding carboxylic acids is 1. The fourth-order valence-electron chi connectivity index (χ4n) is 2.98. The highest BCUT2D eigenvalue weighted by Crippen LogP contribution is 2.17. The number of hydrogen-bond acceptors (Lipinski definition) is 5. The van der Waals surface area contributed by atoms with E-state index in [0.29, 0.717) is 0 Å². The predicted octanol–water partition coefficient (Wildman–Crippen LogP) is 0.314. The second-order valence-corrected chi connectivity index (χ2v) is 5.52. The molecule has 2 unspecified atom stereocenters. The minimum Gasteiger partial charge on any atom is -0.353 e. The molecule has 20 heavy (non-hydrogen) atoms. The Morgan fingerprint density at radius 1 is 1.40 bits per heavy atom. The Labute approximate surface area is 118 Å². The average Bonchev–Trinajstić information content (AvgIpc) is 3.03. The molecule has 2 aliphatic rings. The van der Waals surface area contributed by atoms with Gasteiger partial charge in [0.25, 0.3) is 0 Å². The summed E-state index contributed by atoms with van der Waals surface area (Å²) in [6.45, 7) is 2.75. The summed E-state index contributed by atoms with van der Waals surface area (Å²) in [7, 11) is 0. The van der Waals surface area contributed by atoms with Gasteiger partial charge in [-0.1, -0.05) is 0 Å². The molecule has 2 fully saturated rings. The molecule has 6 nitrogen and oxygen atoms in total. The molecule has 0 spiro atoms. The maximum absolute atomic E-state index is 12.1. The van der Waals surface area contributed by atoms with Gasteiger partial charge in [-0.2, -0.15) is 5.10 Å². The summed E-state index contributed by atoms with van der Waals surface area (Å²) in [5, 5.41) is 14.5. The van der Waals surface area contributed by atoms with Crippen LogP contribution in [0.2, 0.25) is 0 Å². The Kier molecular flexibility index (Phi) is 4.11. The van der Waals surface area contributed by atoms with Gasteiger partial charge in [-0.15, -0.1) is 5.10 Å². The van der Waals surface area contributed by atoms with Crippen molar-refractivity contribution >= 4 is 11.7 Å². The van der Waals surface area contributed by atoms with Gasteiger partial charge in [-0.05, 0) is 44.4 Å². The molecule has 0 saturated carbocycles. The molecular weight excluding hydrogens is 254 g/mol. The molecule has 6 heteroatoms. The van der Waals surface area contributed by atoms with E-state index in [9.17, 15) is 4.79 Å². The van der Waals surface area contributed by atoms with Gasteiger partial charge in [0, 0.05) is 25.3 Å². The summed E-state index contributed by atoms with van der Waals surface area (Å²) in [6.07, 6.45) is 5.83. The van der Waals surface area contributed by atoms with Crippen LogP contribution in [0.1, 0.15) is 25.7 Å². The smallest absolute Gasteiger partial charge is 0.237 e. The second-order valence-electron chi connectivity index (χ2n) is 5.52. The number of hydrogen-bond donors (Lipinski definition) is 2. The number of nitrogens with one attached hydrogen (secondary N) is 2. The Bertz CT molecular complexity index is 446. The van der Waals surface area contributed by atoms with Gasteiger partial charge in [0.1, 0.15) is 0 Å². The maximum Gasteiger partial charge on any atom is 0.237 e. The topological polar surface area (TPSA) is 70.2 Å². The van der Waals surface area contributed by atoms with E-state index in [1.54, 1.807) is 6.20 Å². The molecule has 3 rings (SSSR count). The number of nitrogens with zero attached hydrogens (tertiary/aromatic N) is 3. The molecule has 0 bridgehead atoms. The second kappa shape index (κ2) is 6.17. The molecule has 1 aromatic rings. The van der Waals surface area contributed by atoms with Gasteiger partial charge in [-0.3, -0.25) is 4.79 Å². The lowest BCUT2D eigenvalue weighted by Gasteiger charge is -2.34. The molecule has 108 valence electrons. The maximum atomic E-state index is 12.1. The third-order valence-corrected chi connectivity index (χ3v) is 4.03. The molecule has 0 aromatic carbocycles. The lowest BCUT2D eigenvalue weighted by molar-refractivity contribution is -0.123. The van der Waals surface area contributed by atoms with Crippen LogP contribution in [0.3, 0.4) is 0 Å². The Balaban J connectivity index is 1.56.